The van der Waals surface area contributed by atoms with E-state index in [1.807, 2.05) is 12.1 Å². The molecular formula is C10H12O2. The van der Waals surface area contributed by atoms with E-state index in [1.54, 1.807) is 12.1 Å². The maximum absolute atomic E-state index is 9.37. The van der Waals surface area contributed by atoms with Gasteiger partial charge in [-0.3, -0.25) is 0 Å². The van der Waals surface area contributed by atoms with Crippen LogP contribution in [-0.4, -0.2) is 16.3 Å². The van der Waals surface area contributed by atoms with Gasteiger partial charge in [0.25, 0.3) is 0 Å². The average molecular weight is 164 g/mol. The van der Waals surface area contributed by atoms with Crippen LogP contribution in [0.1, 0.15) is 24.3 Å². The van der Waals surface area contributed by atoms with Crippen molar-refractivity contribution in [3.8, 4) is 5.75 Å². The molecule has 1 aromatic carbocycles. The lowest BCUT2D eigenvalue weighted by molar-refractivity contribution is 0.0661. The molecule has 0 aliphatic heterocycles. The van der Waals surface area contributed by atoms with Crippen LogP contribution in [0.3, 0.4) is 0 Å². The molecule has 2 atom stereocenters. The fraction of sp³-hybridized carbons (Fsp3) is 0.400. The molecule has 0 bridgehead atoms. The molecule has 2 nitrogen and oxygen atoms in total. The van der Waals surface area contributed by atoms with Crippen LogP contribution in [0.15, 0.2) is 24.3 Å². The number of aliphatic hydroxyl groups excluding tert-OH is 1. The van der Waals surface area contributed by atoms with Crippen LogP contribution in [0.2, 0.25) is 0 Å². The van der Waals surface area contributed by atoms with Gasteiger partial charge in [-0.15, -0.1) is 0 Å². The molecule has 2 N–H and O–H groups in total. The standard InChI is InChI=1S/C10H12O2/c11-8-3-1-7(2-4-8)9-5-6-10(9)12/h1-4,9-12H,5-6H2. The highest BCUT2D eigenvalue weighted by molar-refractivity contribution is 5.30. The number of benzene rings is 1. The Morgan fingerprint density at radius 1 is 1.08 bits per heavy atom. The van der Waals surface area contributed by atoms with Crippen molar-refractivity contribution >= 4 is 0 Å². The summed E-state index contributed by atoms with van der Waals surface area (Å²) in [4.78, 5) is 0. The lowest BCUT2D eigenvalue weighted by Crippen LogP contribution is -2.28. The van der Waals surface area contributed by atoms with Crippen molar-refractivity contribution in [2.45, 2.75) is 24.9 Å². The van der Waals surface area contributed by atoms with Gasteiger partial charge in [0, 0.05) is 5.92 Å². The van der Waals surface area contributed by atoms with E-state index in [0.717, 1.165) is 18.4 Å². The molecule has 2 rings (SSSR count). The first-order valence-electron chi connectivity index (χ1n) is 4.24. The number of rotatable bonds is 1. The Morgan fingerprint density at radius 3 is 2.17 bits per heavy atom. The van der Waals surface area contributed by atoms with Crippen molar-refractivity contribution in [2.75, 3.05) is 0 Å². The summed E-state index contributed by atoms with van der Waals surface area (Å²) >= 11 is 0. The number of phenols is 1. The molecule has 0 radical (unpaired) electrons. The Bertz CT molecular complexity index is 266. The minimum atomic E-state index is -0.172. The van der Waals surface area contributed by atoms with Gasteiger partial charge in [0.2, 0.25) is 0 Å². The number of aliphatic hydroxyl groups is 1. The van der Waals surface area contributed by atoms with Crippen molar-refractivity contribution in [1.82, 2.24) is 0 Å². The molecule has 0 spiro atoms. The molecule has 1 aliphatic carbocycles. The largest absolute Gasteiger partial charge is 0.508 e. The maximum Gasteiger partial charge on any atom is 0.115 e. The Hall–Kier alpha value is -1.02. The first-order chi connectivity index (χ1) is 5.77. The van der Waals surface area contributed by atoms with Gasteiger partial charge in [0.1, 0.15) is 5.75 Å². The number of hydrogen-bond donors (Lipinski definition) is 2. The van der Waals surface area contributed by atoms with Gasteiger partial charge in [-0.25, -0.2) is 0 Å². The van der Waals surface area contributed by atoms with Gasteiger partial charge in [-0.05, 0) is 30.5 Å². The SMILES string of the molecule is Oc1ccc(C2CCC2O)cc1. The zero-order chi connectivity index (χ0) is 8.55. The van der Waals surface area contributed by atoms with Gasteiger partial charge in [0.15, 0.2) is 0 Å². The molecule has 1 aromatic rings. The summed E-state index contributed by atoms with van der Waals surface area (Å²) in [7, 11) is 0. The predicted molar refractivity (Wildman–Crippen MR) is 46.1 cm³/mol. The third kappa shape index (κ3) is 1.18. The highest BCUT2D eigenvalue weighted by Crippen LogP contribution is 2.37. The first kappa shape index (κ1) is 7.62. The molecule has 0 heterocycles. The van der Waals surface area contributed by atoms with Crippen molar-refractivity contribution in [3.05, 3.63) is 29.8 Å². The fourth-order valence-corrected chi connectivity index (χ4v) is 1.59. The molecule has 1 fully saturated rings. The lowest BCUT2D eigenvalue weighted by atomic mass is 9.77. The highest BCUT2D eigenvalue weighted by atomic mass is 16.3. The molecule has 12 heavy (non-hydrogen) atoms. The van der Waals surface area contributed by atoms with E-state index >= 15 is 0 Å². The van der Waals surface area contributed by atoms with Crippen molar-refractivity contribution < 1.29 is 10.2 Å². The molecule has 64 valence electrons. The topological polar surface area (TPSA) is 40.5 Å². The fourth-order valence-electron chi connectivity index (χ4n) is 1.59. The van der Waals surface area contributed by atoms with E-state index in [2.05, 4.69) is 0 Å². The minimum Gasteiger partial charge on any atom is -0.508 e. The zero-order valence-electron chi connectivity index (χ0n) is 6.77. The first-order valence-corrected chi connectivity index (χ1v) is 4.24. The molecule has 2 unspecified atom stereocenters. The number of phenolic OH excluding ortho intramolecular Hbond substituents is 1. The molecule has 0 aromatic heterocycles. The van der Waals surface area contributed by atoms with E-state index < -0.39 is 0 Å². The van der Waals surface area contributed by atoms with E-state index in [9.17, 15) is 5.11 Å². The highest BCUT2D eigenvalue weighted by Gasteiger charge is 2.29. The summed E-state index contributed by atoms with van der Waals surface area (Å²) in [6.45, 7) is 0. The number of aromatic hydroxyl groups is 1. The van der Waals surface area contributed by atoms with Gasteiger partial charge < -0.3 is 10.2 Å². The van der Waals surface area contributed by atoms with Crippen molar-refractivity contribution in [2.24, 2.45) is 0 Å². The third-order valence-corrected chi connectivity index (χ3v) is 2.56. The lowest BCUT2D eigenvalue weighted by Gasteiger charge is -2.32. The van der Waals surface area contributed by atoms with Crippen LogP contribution < -0.4 is 0 Å². The third-order valence-electron chi connectivity index (χ3n) is 2.56. The maximum atomic E-state index is 9.37. The molecule has 1 saturated carbocycles. The van der Waals surface area contributed by atoms with Crippen molar-refractivity contribution in [3.63, 3.8) is 0 Å². The van der Waals surface area contributed by atoms with Crippen LogP contribution in [-0.2, 0) is 0 Å². The molecule has 0 amide bonds. The smallest absolute Gasteiger partial charge is 0.115 e. The minimum absolute atomic E-state index is 0.172. The summed E-state index contributed by atoms with van der Waals surface area (Å²) < 4.78 is 0. The second kappa shape index (κ2) is 2.79. The average Bonchev–Trinajstić information content (AvgIpc) is 2.06. The summed E-state index contributed by atoms with van der Waals surface area (Å²) in [5, 5.41) is 18.4. The van der Waals surface area contributed by atoms with Gasteiger partial charge in [-0.1, -0.05) is 12.1 Å². The zero-order valence-corrected chi connectivity index (χ0v) is 6.77. The van der Waals surface area contributed by atoms with Crippen LogP contribution in [0.4, 0.5) is 0 Å². The summed E-state index contributed by atoms with van der Waals surface area (Å²) in [6, 6.07) is 7.09. The number of hydrogen-bond acceptors (Lipinski definition) is 2. The van der Waals surface area contributed by atoms with Gasteiger partial charge in [-0.2, -0.15) is 0 Å². The summed E-state index contributed by atoms with van der Waals surface area (Å²) in [5.41, 5.74) is 1.13. The molecule has 0 saturated heterocycles. The van der Waals surface area contributed by atoms with E-state index in [4.69, 9.17) is 5.11 Å². The van der Waals surface area contributed by atoms with Gasteiger partial charge in [0.05, 0.1) is 6.10 Å². The Morgan fingerprint density at radius 2 is 1.75 bits per heavy atom. The van der Waals surface area contributed by atoms with E-state index in [0.29, 0.717) is 5.92 Å². The van der Waals surface area contributed by atoms with Crippen LogP contribution >= 0.6 is 0 Å². The Kier molecular flexibility index (Phi) is 1.77. The van der Waals surface area contributed by atoms with Crippen molar-refractivity contribution in [1.29, 1.82) is 0 Å². The second-order valence-corrected chi connectivity index (χ2v) is 3.34. The predicted octanol–water partition coefficient (Wildman–Crippen LogP) is 1.63. The Labute approximate surface area is 71.5 Å². The molecular weight excluding hydrogens is 152 g/mol. The van der Waals surface area contributed by atoms with Crippen LogP contribution in [0, 0.1) is 0 Å². The molecule has 1 aliphatic rings. The summed E-state index contributed by atoms with van der Waals surface area (Å²) in [5.74, 6) is 0.582. The second-order valence-electron chi connectivity index (χ2n) is 3.34. The summed E-state index contributed by atoms with van der Waals surface area (Å²) in [6.07, 6.45) is 1.80. The van der Waals surface area contributed by atoms with Gasteiger partial charge >= 0.3 is 0 Å². The normalized spacial score (nSPS) is 28.1. The Balaban J connectivity index is 2.18. The quantitative estimate of drug-likeness (QED) is 0.662. The van der Waals surface area contributed by atoms with E-state index in [1.165, 1.54) is 0 Å². The van der Waals surface area contributed by atoms with E-state index in [-0.39, 0.29) is 11.9 Å². The van der Waals surface area contributed by atoms with Crippen LogP contribution in [0.25, 0.3) is 0 Å². The van der Waals surface area contributed by atoms with Crippen LogP contribution in [0.5, 0.6) is 5.75 Å². The monoisotopic (exact) mass is 164 g/mol. The molecule has 2 heteroatoms.